The Balaban J connectivity index is 1.66. The van der Waals surface area contributed by atoms with Gasteiger partial charge in [0.1, 0.15) is 12.1 Å². The monoisotopic (exact) mass is 456 g/mol. The quantitative estimate of drug-likeness (QED) is 0.200. The number of aromatic nitrogens is 3. The SMILES string of the molecule is N[C@@H](Cc1c[nH]c2ccccc12)C(=O)N[C@@H](CC(=O)O)C(=O)N[C@@H](Cc1cnc[nH]1)C(=O)O. The van der Waals surface area contributed by atoms with E-state index in [2.05, 4.69) is 25.6 Å². The number of benzene rings is 1. The molecule has 3 rings (SSSR count). The molecule has 0 aliphatic heterocycles. The number of aliphatic carboxylic acids is 2. The average Bonchev–Trinajstić information content (AvgIpc) is 3.42. The second-order valence-electron chi connectivity index (χ2n) is 7.51. The molecule has 2 aromatic heterocycles. The Morgan fingerprint density at radius 1 is 1.00 bits per heavy atom. The van der Waals surface area contributed by atoms with Gasteiger partial charge in [0.25, 0.3) is 0 Å². The summed E-state index contributed by atoms with van der Waals surface area (Å²) in [6.07, 6.45) is 3.80. The first-order valence-electron chi connectivity index (χ1n) is 10.1. The van der Waals surface area contributed by atoms with E-state index in [4.69, 9.17) is 10.8 Å². The van der Waals surface area contributed by atoms with Crippen molar-refractivity contribution >= 4 is 34.7 Å². The van der Waals surface area contributed by atoms with Gasteiger partial charge in [-0.15, -0.1) is 0 Å². The van der Waals surface area contributed by atoms with Crippen LogP contribution in [0.2, 0.25) is 0 Å². The van der Waals surface area contributed by atoms with Gasteiger partial charge in [0, 0.05) is 35.4 Å². The maximum absolute atomic E-state index is 12.6. The minimum absolute atomic E-state index is 0.102. The number of H-pyrrole nitrogens is 2. The van der Waals surface area contributed by atoms with Crippen LogP contribution in [0.1, 0.15) is 17.7 Å². The van der Waals surface area contributed by atoms with Gasteiger partial charge in [-0.05, 0) is 18.1 Å². The van der Waals surface area contributed by atoms with E-state index >= 15 is 0 Å². The lowest BCUT2D eigenvalue weighted by molar-refractivity contribution is -0.143. The molecule has 3 atom stereocenters. The van der Waals surface area contributed by atoms with E-state index in [1.165, 1.54) is 12.5 Å². The number of nitrogens with two attached hydrogens (primary N) is 1. The van der Waals surface area contributed by atoms with Gasteiger partial charge in [0.2, 0.25) is 11.8 Å². The number of amides is 2. The Bertz CT molecular complexity index is 1140. The van der Waals surface area contributed by atoms with Crippen molar-refractivity contribution < 1.29 is 29.4 Å². The number of imidazole rings is 1. The Hall–Kier alpha value is -4.19. The summed E-state index contributed by atoms with van der Waals surface area (Å²) < 4.78 is 0. The van der Waals surface area contributed by atoms with Crippen molar-refractivity contribution in [1.29, 1.82) is 0 Å². The second kappa shape index (κ2) is 10.4. The zero-order valence-electron chi connectivity index (χ0n) is 17.4. The van der Waals surface area contributed by atoms with E-state index in [1.54, 1.807) is 6.20 Å². The number of carboxylic acids is 2. The molecule has 2 amide bonds. The van der Waals surface area contributed by atoms with Crippen LogP contribution in [-0.2, 0) is 32.0 Å². The summed E-state index contributed by atoms with van der Waals surface area (Å²) >= 11 is 0. The highest BCUT2D eigenvalue weighted by Gasteiger charge is 2.30. The molecule has 3 aromatic rings. The molecular weight excluding hydrogens is 432 g/mol. The van der Waals surface area contributed by atoms with Crippen LogP contribution in [0.3, 0.4) is 0 Å². The van der Waals surface area contributed by atoms with Crippen molar-refractivity contribution in [1.82, 2.24) is 25.6 Å². The molecule has 1 aromatic carbocycles. The third kappa shape index (κ3) is 6.17. The number of nitrogens with one attached hydrogen (secondary N) is 4. The summed E-state index contributed by atoms with van der Waals surface area (Å²) in [5.74, 6) is -4.35. The molecule has 0 aliphatic carbocycles. The van der Waals surface area contributed by atoms with E-state index in [0.717, 1.165) is 16.5 Å². The van der Waals surface area contributed by atoms with Crippen LogP contribution in [0, 0.1) is 0 Å². The zero-order chi connectivity index (χ0) is 24.0. The van der Waals surface area contributed by atoms with Crippen molar-refractivity contribution in [3.8, 4) is 0 Å². The Morgan fingerprint density at radius 3 is 2.39 bits per heavy atom. The van der Waals surface area contributed by atoms with Crippen LogP contribution in [0.25, 0.3) is 10.9 Å². The van der Waals surface area contributed by atoms with Crippen molar-refractivity contribution in [3.63, 3.8) is 0 Å². The van der Waals surface area contributed by atoms with Crippen molar-refractivity contribution in [2.24, 2.45) is 5.73 Å². The number of para-hydroxylation sites is 1. The molecule has 0 aliphatic rings. The molecule has 0 saturated heterocycles. The minimum Gasteiger partial charge on any atom is -0.481 e. The molecule has 12 heteroatoms. The highest BCUT2D eigenvalue weighted by Crippen LogP contribution is 2.18. The summed E-state index contributed by atoms with van der Waals surface area (Å²) in [6, 6.07) is 3.53. The molecule has 12 nitrogen and oxygen atoms in total. The number of rotatable bonds is 11. The lowest BCUT2D eigenvalue weighted by Gasteiger charge is -2.21. The van der Waals surface area contributed by atoms with E-state index in [-0.39, 0.29) is 12.8 Å². The van der Waals surface area contributed by atoms with Gasteiger partial charge in [-0.3, -0.25) is 14.4 Å². The van der Waals surface area contributed by atoms with Gasteiger partial charge < -0.3 is 36.5 Å². The Morgan fingerprint density at radius 2 is 1.73 bits per heavy atom. The van der Waals surface area contributed by atoms with Gasteiger partial charge in [-0.25, -0.2) is 9.78 Å². The van der Waals surface area contributed by atoms with E-state index in [1.807, 2.05) is 24.3 Å². The number of aromatic amines is 2. The molecule has 0 fully saturated rings. The number of carboxylic acid groups (broad SMARTS) is 2. The smallest absolute Gasteiger partial charge is 0.326 e. The van der Waals surface area contributed by atoms with Crippen LogP contribution < -0.4 is 16.4 Å². The third-order valence-electron chi connectivity index (χ3n) is 5.06. The molecule has 0 radical (unpaired) electrons. The number of nitrogens with zero attached hydrogens (tertiary/aromatic N) is 1. The number of carbonyl (C=O) groups is 4. The Kier molecular flexibility index (Phi) is 7.41. The lowest BCUT2D eigenvalue weighted by atomic mass is 10.0. The Labute approximate surface area is 187 Å². The van der Waals surface area contributed by atoms with Gasteiger partial charge in [-0.1, -0.05) is 18.2 Å². The molecule has 174 valence electrons. The first-order valence-corrected chi connectivity index (χ1v) is 10.1. The third-order valence-corrected chi connectivity index (χ3v) is 5.06. The first kappa shape index (κ1) is 23.5. The molecule has 0 unspecified atom stereocenters. The molecule has 33 heavy (non-hydrogen) atoms. The van der Waals surface area contributed by atoms with Gasteiger partial charge in [0.15, 0.2) is 0 Å². The first-order chi connectivity index (χ1) is 15.7. The minimum atomic E-state index is -1.51. The maximum Gasteiger partial charge on any atom is 0.326 e. The summed E-state index contributed by atoms with van der Waals surface area (Å²) in [5, 5.41) is 24.1. The summed E-state index contributed by atoms with van der Waals surface area (Å²) in [5.41, 5.74) is 8.13. The molecule has 0 bridgehead atoms. The number of hydrogen-bond donors (Lipinski definition) is 7. The number of fused-ring (bicyclic) bond motifs is 1. The van der Waals surface area contributed by atoms with E-state index in [9.17, 15) is 24.3 Å². The highest BCUT2D eigenvalue weighted by atomic mass is 16.4. The van der Waals surface area contributed by atoms with Gasteiger partial charge in [0.05, 0.1) is 18.8 Å². The van der Waals surface area contributed by atoms with E-state index in [0.29, 0.717) is 5.69 Å². The fourth-order valence-corrected chi connectivity index (χ4v) is 3.38. The molecule has 0 spiro atoms. The van der Waals surface area contributed by atoms with Crippen molar-refractivity contribution in [3.05, 3.63) is 54.2 Å². The summed E-state index contributed by atoms with van der Waals surface area (Å²) in [7, 11) is 0. The summed E-state index contributed by atoms with van der Waals surface area (Å²) in [6.45, 7) is 0. The fraction of sp³-hybridized carbons (Fsp3) is 0.286. The van der Waals surface area contributed by atoms with E-state index < -0.39 is 48.3 Å². The zero-order valence-corrected chi connectivity index (χ0v) is 17.4. The van der Waals surface area contributed by atoms with Crippen molar-refractivity contribution in [2.75, 3.05) is 0 Å². The van der Waals surface area contributed by atoms with Crippen LogP contribution in [0.5, 0.6) is 0 Å². The number of carbonyl (C=O) groups excluding carboxylic acids is 2. The highest BCUT2D eigenvalue weighted by molar-refractivity contribution is 5.94. The molecule has 0 saturated carbocycles. The van der Waals surface area contributed by atoms with Crippen LogP contribution in [0.4, 0.5) is 0 Å². The second-order valence-corrected chi connectivity index (χ2v) is 7.51. The number of hydrogen-bond acceptors (Lipinski definition) is 6. The van der Waals surface area contributed by atoms with Gasteiger partial charge >= 0.3 is 11.9 Å². The molecule has 8 N–H and O–H groups in total. The van der Waals surface area contributed by atoms with Crippen LogP contribution >= 0.6 is 0 Å². The summed E-state index contributed by atoms with van der Waals surface area (Å²) in [4.78, 5) is 57.7. The lowest BCUT2D eigenvalue weighted by Crippen LogP contribution is -2.55. The maximum atomic E-state index is 12.6. The topological polar surface area (TPSA) is 203 Å². The van der Waals surface area contributed by atoms with Crippen LogP contribution in [-0.4, -0.2) is 67.0 Å². The predicted octanol–water partition coefficient (Wildman–Crippen LogP) is -0.468. The largest absolute Gasteiger partial charge is 0.481 e. The average molecular weight is 456 g/mol. The molecule has 2 heterocycles. The van der Waals surface area contributed by atoms with Crippen LogP contribution in [0.15, 0.2) is 43.0 Å². The normalized spacial score (nSPS) is 13.7. The van der Waals surface area contributed by atoms with Gasteiger partial charge in [-0.2, -0.15) is 0 Å². The molecular formula is C21H24N6O6. The standard InChI is InChI=1S/C21H24N6O6/c22-14(5-11-8-24-15-4-2-1-3-13(11)15)19(30)26-16(7-18(28)29)20(31)27-17(21(32)33)6-12-9-23-10-25-12/h1-4,8-10,14,16-17,24H,5-7,22H2,(H,23,25)(H,26,30)(H,27,31)(H,28,29)(H,32,33)/t14-,16-,17-/m0/s1. The predicted molar refractivity (Wildman–Crippen MR) is 116 cm³/mol. The van der Waals surface area contributed by atoms with Crippen molar-refractivity contribution in [2.45, 2.75) is 37.4 Å². The fourth-order valence-electron chi connectivity index (χ4n) is 3.38.